The lowest BCUT2D eigenvalue weighted by Crippen LogP contribution is -2.16. The smallest absolute Gasteiger partial charge is 0.0577 e. The van der Waals surface area contributed by atoms with Crippen molar-refractivity contribution in [3.63, 3.8) is 0 Å². The highest BCUT2D eigenvalue weighted by Crippen LogP contribution is 2.18. The Balaban J connectivity index is 1.99. The number of ether oxygens (including phenoxy) is 1. The van der Waals surface area contributed by atoms with Gasteiger partial charge in [-0.1, -0.05) is 0 Å². The zero-order chi connectivity index (χ0) is 8.81. The molecule has 0 amide bonds. The molecule has 3 heteroatoms. The summed E-state index contributed by atoms with van der Waals surface area (Å²) < 4.78 is 5.44. The molecule has 0 aliphatic carbocycles. The average molecular weight is 173 g/mol. The molecule has 0 saturated carbocycles. The third kappa shape index (κ3) is 3.52. The second kappa shape index (κ2) is 5.51. The second-order valence-corrected chi connectivity index (χ2v) is 3.44. The van der Waals surface area contributed by atoms with Crippen LogP contribution in [0.2, 0.25) is 0 Å². The zero-order valence-corrected chi connectivity index (χ0v) is 7.54. The van der Waals surface area contributed by atoms with Gasteiger partial charge in [-0.2, -0.15) is 0 Å². The first kappa shape index (κ1) is 9.96. The van der Waals surface area contributed by atoms with E-state index in [1.165, 1.54) is 6.42 Å². The highest BCUT2D eigenvalue weighted by Gasteiger charge is 2.16. The summed E-state index contributed by atoms with van der Waals surface area (Å²) in [6.07, 6.45) is 5.06. The molecule has 1 aliphatic rings. The van der Waals surface area contributed by atoms with Gasteiger partial charge in [-0.15, -0.1) is 0 Å². The molecule has 1 aliphatic heterocycles. The van der Waals surface area contributed by atoms with Crippen LogP contribution in [0.1, 0.15) is 32.1 Å². The zero-order valence-electron chi connectivity index (χ0n) is 7.54. The third-order valence-electron chi connectivity index (χ3n) is 2.35. The Bertz CT molecular complexity index is 113. The van der Waals surface area contributed by atoms with Gasteiger partial charge in [0, 0.05) is 6.61 Å². The number of rotatable bonds is 5. The number of hydrogen-bond acceptors (Lipinski definition) is 3. The summed E-state index contributed by atoms with van der Waals surface area (Å²) >= 11 is 0. The average Bonchev–Trinajstić information content (AvgIpc) is 2.53. The Morgan fingerprint density at radius 1 is 1.50 bits per heavy atom. The molecule has 1 saturated heterocycles. The molecule has 0 aromatic heterocycles. The molecule has 12 heavy (non-hydrogen) atoms. The van der Waals surface area contributed by atoms with Crippen molar-refractivity contribution in [2.24, 2.45) is 5.73 Å². The quantitative estimate of drug-likeness (QED) is 0.642. The molecule has 0 radical (unpaired) electrons. The fourth-order valence-corrected chi connectivity index (χ4v) is 1.59. The first-order chi connectivity index (χ1) is 5.83. The highest BCUT2D eigenvalue weighted by molar-refractivity contribution is 4.67. The monoisotopic (exact) mass is 173 g/mol. The van der Waals surface area contributed by atoms with E-state index in [0.29, 0.717) is 19.1 Å². The summed E-state index contributed by atoms with van der Waals surface area (Å²) in [5.74, 6) is 0. The number of aliphatic hydroxyl groups is 1. The maximum atomic E-state index is 9.37. The minimum atomic E-state index is -0.223. The van der Waals surface area contributed by atoms with Crippen molar-refractivity contribution in [3.8, 4) is 0 Å². The Morgan fingerprint density at radius 2 is 2.33 bits per heavy atom. The van der Waals surface area contributed by atoms with E-state index in [9.17, 15) is 5.11 Å². The minimum Gasteiger partial charge on any atom is -0.393 e. The SMILES string of the molecule is NCCC(O)CCC1CCCO1. The van der Waals surface area contributed by atoms with E-state index in [1.54, 1.807) is 0 Å². The van der Waals surface area contributed by atoms with Crippen molar-refractivity contribution in [3.05, 3.63) is 0 Å². The molecule has 0 aromatic carbocycles. The van der Waals surface area contributed by atoms with E-state index >= 15 is 0 Å². The van der Waals surface area contributed by atoms with Crippen molar-refractivity contribution in [1.29, 1.82) is 0 Å². The Kier molecular flexibility index (Phi) is 4.58. The molecule has 1 fully saturated rings. The maximum absolute atomic E-state index is 9.37. The lowest BCUT2D eigenvalue weighted by Gasteiger charge is -2.12. The van der Waals surface area contributed by atoms with E-state index in [2.05, 4.69) is 0 Å². The summed E-state index contributed by atoms with van der Waals surface area (Å²) in [5, 5.41) is 9.37. The van der Waals surface area contributed by atoms with Gasteiger partial charge in [0.15, 0.2) is 0 Å². The first-order valence-electron chi connectivity index (χ1n) is 4.82. The van der Waals surface area contributed by atoms with Gasteiger partial charge in [0.2, 0.25) is 0 Å². The molecule has 1 heterocycles. The molecule has 2 atom stereocenters. The molecular formula is C9H19NO2. The van der Waals surface area contributed by atoms with Crippen LogP contribution in [0.25, 0.3) is 0 Å². The topological polar surface area (TPSA) is 55.5 Å². The maximum Gasteiger partial charge on any atom is 0.0577 e. The van der Waals surface area contributed by atoms with Crippen molar-refractivity contribution in [1.82, 2.24) is 0 Å². The van der Waals surface area contributed by atoms with Crippen LogP contribution in [0.4, 0.5) is 0 Å². The largest absolute Gasteiger partial charge is 0.393 e. The highest BCUT2D eigenvalue weighted by atomic mass is 16.5. The van der Waals surface area contributed by atoms with E-state index in [1.807, 2.05) is 0 Å². The van der Waals surface area contributed by atoms with Crippen LogP contribution in [0, 0.1) is 0 Å². The summed E-state index contributed by atoms with van der Waals surface area (Å²) in [6.45, 7) is 1.48. The van der Waals surface area contributed by atoms with Crippen LogP contribution in [0.3, 0.4) is 0 Å². The third-order valence-corrected chi connectivity index (χ3v) is 2.35. The summed E-state index contributed by atoms with van der Waals surface area (Å²) in [7, 11) is 0. The fourth-order valence-electron chi connectivity index (χ4n) is 1.59. The molecular weight excluding hydrogens is 154 g/mol. The Labute approximate surface area is 73.9 Å². The number of hydrogen-bond donors (Lipinski definition) is 2. The predicted octanol–water partition coefficient (Wildman–Crippen LogP) is 0.655. The molecule has 1 rings (SSSR count). The molecule has 0 bridgehead atoms. The van der Waals surface area contributed by atoms with E-state index < -0.39 is 0 Å². The van der Waals surface area contributed by atoms with Crippen LogP contribution in [0.15, 0.2) is 0 Å². The molecule has 72 valence electrons. The lowest BCUT2D eigenvalue weighted by molar-refractivity contribution is 0.0796. The lowest BCUT2D eigenvalue weighted by atomic mass is 10.1. The van der Waals surface area contributed by atoms with Gasteiger partial charge in [0.1, 0.15) is 0 Å². The van der Waals surface area contributed by atoms with Gasteiger partial charge < -0.3 is 15.6 Å². The molecule has 0 aromatic rings. The van der Waals surface area contributed by atoms with Gasteiger partial charge >= 0.3 is 0 Å². The van der Waals surface area contributed by atoms with Crippen molar-refractivity contribution in [2.45, 2.75) is 44.3 Å². The Morgan fingerprint density at radius 3 is 2.92 bits per heavy atom. The van der Waals surface area contributed by atoms with Crippen molar-refractivity contribution < 1.29 is 9.84 Å². The van der Waals surface area contributed by atoms with Gasteiger partial charge in [-0.3, -0.25) is 0 Å². The van der Waals surface area contributed by atoms with Gasteiger partial charge in [-0.05, 0) is 38.6 Å². The molecule has 3 nitrogen and oxygen atoms in total. The fraction of sp³-hybridized carbons (Fsp3) is 1.00. The standard InChI is InChI=1S/C9H19NO2/c10-6-5-8(11)3-4-9-2-1-7-12-9/h8-9,11H,1-7,10H2. The van der Waals surface area contributed by atoms with Gasteiger partial charge in [0.25, 0.3) is 0 Å². The van der Waals surface area contributed by atoms with Crippen LogP contribution in [-0.4, -0.2) is 30.5 Å². The van der Waals surface area contributed by atoms with Gasteiger partial charge in [-0.25, -0.2) is 0 Å². The second-order valence-electron chi connectivity index (χ2n) is 3.44. The Hall–Kier alpha value is -0.120. The normalized spacial score (nSPS) is 26.0. The van der Waals surface area contributed by atoms with Crippen molar-refractivity contribution in [2.75, 3.05) is 13.2 Å². The number of nitrogens with two attached hydrogens (primary N) is 1. The van der Waals surface area contributed by atoms with Gasteiger partial charge in [0.05, 0.1) is 12.2 Å². The van der Waals surface area contributed by atoms with Crippen molar-refractivity contribution >= 4 is 0 Å². The van der Waals surface area contributed by atoms with Crippen LogP contribution < -0.4 is 5.73 Å². The van der Waals surface area contributed by atoms with Crippen LogP contribution >= 0.6 is 0 Å². The summed E-state index contributed by atoms with van der Waals surface area (Å²) in [5.41, 5.74) is 5.32. The summed E-state index contributed by atoms with van der Waals surface area (Å²) in [4.78, 5) is 0. The number of aliphatic hydroxyl groups excluding tert-OH is 1. The molecule has 2 unspecified atom stereocenters. The molecule has 3 N–H and O–H groups in total. The predicted molar refractivity (Wildman–Crippen MR) is 47.9 cm³/mol. The van der Waals surface area contributed by atoms with E-state index in [0.717, 1.165) is 25.9 Å². The van der Waals surface area contributed by atoms with Crippen LogP contribution in [-0.2, 0) is 4.74 Å². The van der Waals surface area contributed by atoms with E-state index in [-0.39, 0.29) is 6.10 Å². The van der Waals surface area contributed by atoms with E-state index in [4.69, 9.17) is 10.5 Å². The van der Waals surface area contributed by atoms with Crippen LogP contribution in [0.5, 0.6) is 0 Å². The summed E-state index contributed by atoms with van der Waals surface area (Å²) in [6, 6.07) is 0. The molecule has 0 spiro atoms. The minimum absolute atomic E-state index is 0.223. The first-order valence-corrected chi connectivity index (χ1v) is 4.82.